The highest BCUT2D eigenvalue weighted by atomic mass is 79.9. The predicted octanol–water partition coefficient (Wildman–Crippen LogP) is 3.02. The first-order valence-electron chi connectivity index (χ1n) is 5.20. The third-order valence-corrected chi connectivity index (χ3v) is 2.73. The number of hydrogen-bond acceptors (Lipinski definition) is 3. The van der Waals surface area contributed by atoms with Crippen LogP contribution in [0.4, 0.5) is 15.9 Å². The van der Waals surface area contributed by atoms with Crippen LogP contribution in [-0.2, 0) is 13.5 Å². The van der Waals surface area contributed by atoms with Gasteiger partial charge in [-0.1, -0.05) is 6.92 Å². The Morgan fingerprint density at radius 3 is 2.94 bits per heavy atom. The van der Waals surface area contributed by atoms with Gasteiger partial charge in [0, 0.05) is 23.9 Å². The van der Waals surface area contributed by atoms with Gasteiger partial charge in [0.15, 0.2) is 11.6 Å². The van der Waals surface area contributed by atoms with E-state index in [0.717, 1.165) is 17.8 Å². The molecule has 2 rings (SSSR count). The van der Waals surface area contributed by atoms with Crippen molar-refractivity contribution in [2.75, 3.05) is 5.32 Å². The van der Waals surface area contributed by atoms with Crippen molar-refractivity contribution in [2.24, 2.45) is 7.05 Å². The fourth-order valence-corrected chi connectivity index (χ4v) is 1.84. The van der Waals surface area contributed by atoms with Crippen molar-refractivity contribution in [1.29, 1.82) is 0 Å². The molecule has 0 aliphatic heterocycles. The Morgan fingerprint density at radius 1 is 1.53 bits per heavy atom. The molecule has 0 spiro atoms. The van der Waals surface area contributed by atoms with Gasteiger partial charge in [0.2, 0.25) is 0 Å². The van der Waals surface area contributed by atoms with E-state index in [1.54, 1.807) is 10.9 Å². The summed E-state index contributed by atoms with van der Waals surface area (Å²) in [5, 5.41) is 7.22. The lowest BCUT2D eigenvalue weighted by molar-refractivity contribution is 0.625. The number of halogens is 2. The second kappa shape index (κ2) is 4.83. The molecule has 0 aliphatic carbocycles. The molecule has 1 N–H and O–H groups in total. The van der Waals surface area contributed by atoms with E-state index in [1.165, 1.54) is 6.07 Å². The lowest BCUT2D eigenvalue weighted by Gasteiger charge is -2.05. The third kappa shape index (κ3) is 2.63. The Bertz CT molecular complexity index is 538. The topological polar surface area (TPSA) is 42.7 Å². The average Bonchev–Trinajstić information content (AvgIpc) is 2.63. The number of anilines is 2. The van der Waals surface area contributed by atoms with Gasteiger partial charge in [-0.25, -0.2) is 9.37 Å². The highest BCUT2D eigenvalue weighted by Gasteiger charge is 2.10. The van der Waals surface area contributed by atoms with Gasteiger partial charge in [-0.3, -0.25) is 4.68 Å². The lowest BCUT2D eigenvalue weighted by Crippen LogP contribution is -1.98. The molecule has 2 heterocycles. The van der Waals surface area contributed by atoms with E-state index in [-0.39, 0.29) is 5.82 Å². The van der Waals surface area contributed by atoms with Crippen molar-refractivity contribution < 1.29 is 4.39 Å². The van der Waals surface area contributed by atoms with Crippen molar-refractivity contribution in [3.8, 4) is 0 Å². The van der Waals surface area contributed by atoms with Crippen molar-refractivity contribution >= 4 is 27.4 Å². The molecule has 0 bridgehead atoms. The summed E-state index contributed by atoms with van der Waals surface area (Å²) >= 11 is 3.17. The Hall–Kier alpha value is -1.43. The highest BCUT2D eigenvalue weighted by Crippen LogP contribution is 2.22. The molecule has 0 saturated heterocycles. The summed E-state index contributed by atoms with van der Waals surface area (Å²) in [5.41, 5.74) is 1.67. The fourth-order valence-electron chi connectivity index (χ4n) is 1.53. The summed E-state index contributed by atoms with van der Waals surface area (Å²) in [4.78, 5) is 3.99. The number of aromatic nitrogens is 3. The minimum Gasteiger partial charge on any atom is -0.335 e. The molecule has 0 atom stereocenters. The van der Waals surface area contributed by atoms with Crippen LogP contribution in [0, 0.1) is 5.82 Å². The highest BCUT2D eigenvalue weighted by molar-refractivity contribution is 9.10. The van der Waals surface area contributed by atoms with Crippen molar-refractivity contribution in [2.45, 2.75) is 13.3 Å². The van der Waals surface area contributed by atoms with E-state index in [9.17, 15) is 4.39 Å². The monoisotopic (exact) mass is 298 g/mol. The van der Waals surface area contributed by atoms with E-state index in [4.69, 9.17) is 0 Å². The second-order valence-corrected chi connectivity index (χ2v) is 4.54. The Kier molecular flexibility index (Phi) is 3.42. The molecule has 0 radical (unpaired) electrons. The van der Waals surface area contributed by atoms with Crippen LogP contribution in [0.5, 0.6) is 0 Å². The Labute approximate surface area is 107 Å². The van der Waals surface area contributed by atoms with E-state index < -0.39 is 5.82 Å². The van der Waals surface area contributed by atoms with Gasteiger partial charge in [0.05, 0.1) is 11.4 Å². The molecule has 90 valence electrons. The minimum absolute atomic E-state index is 0.205. The summed E-state index contributed by atoms with van der Waals surface area (Å²) in [7, 11) is 1.83. The molecule has 2 aromatic rings. The van der Waals surface area contributed by atoms with Crippen molar-refractivity contribution in [1.82, 2.24) is 14.8 Å². The standard InChI is InChI=1S/C11H12BrFN4/c1-3-9-10(6-17(2)16-9)15-11-8(13)4-7(12)5-14-11/h4-6H,3H2,1-2H3,(H,14,15). The fraction of sp³-hybridized carbons (Fsp3) is 0.273. The predicted molar refractivity (Wildman–Crippen MR) is 67.8 cm³/mol. The summed E-state index contributed by atoms with van der Waals surface area (Å²) in [6, 6.07) is 1.37. The Morgan fingerprint density at radius 2 is 2.29 bits per heavy atom. The first-order valence-corrected chi connectivity index (χ1v) is 6.00. The van der Waals surface area contributed by atoms with Crippen LogP contribution in [-0.4, -0.2) is 14.8 Å². The lowest BCUT2D eigenvalue weighted by atomic mass is 10.3. The molecule has 4 nitrogen and oxygen atoms in total. The van der Waals surface area contributed by atoms with Gasteiger partial charge in [-0.05, 0) is 28.4 Å². The van der Waals surface area contributed by atoms with Crippen LogP contribution >= 0.6 is 15.9 Å². The molecule has 6 heteroatoms. The molecule has 17 heavy (non-hydrogen) atoms. The van der Waals surface area contributed by atoms with Crippen LogP contribution in [0.1, 0.15) is 12.6 Å². The van der Waals surface area contributed by atoms with Gasteiger partial charge in [0.25, 0.3) is 0 Å². The number of nitrogens with one attached hydrogen (secondary N) is 1. The number of pyridine rings is 1. The number of rotatable bonds is 3. The SMILES string of the molecule is CCc1nn(C)cc1Nc1ncc(Br)cc1F. The van der Waals surface area contributed by atoms with E-state index >= 15 is 0 Å². The zero-order valence-electron chi connectivity index (χ0n) is 9.54. The van der Waals surface area contributed by atoms with Crippen LogP contribution in [0.2, 0.25) is 0 Å². The van der Waals surface area contributed by atoms with E-state index in [2.05, 4.69) is 31.3 Å². The van der Waals surface area contributed by atoms with Gasteiger partial charge in [-0.15, -0.1) is 0 Å². The van der Waals surface area contributed by atoms with Gasteiger partial charge < -0.3 is 5.32 Å². The summed E-state index contributed by atoms with van der Waals surface area (Å²) < 4.78 is 15.9. The maximum atomic E-state index is 13.6. The van der Waals surface area contributed by atoms with Crippen LogP contribution in [0.15, 0.2) is 22.9 Å². The second-order valence-electron chi connectivity index (χ2n) is 3.63. The quantitative estimate of drug-likeness (QED) is 0.947. The summed E-state index contributed by atoms with van der Waals surface area (Å²) in [5.74, 6) is -0.193. The molecule has 0 aliphatic rings. The average molecular weight is 299 g/mol. The largest absolute Gasteiger partial charge is 0.335 e. The number of aryl methyl sites for hydroxylation is 2. The number of hydrogen-bond donors (Lipinski definition) is 1. The van der Waals surface area contributed by atoms with Crippen molar-refractivity contribution in [3.05, 3.63) is 34.4 Å². The summed E-state index contributed by atoms with van der Waals surface area (Å²) in [6.07, 6.45) is 4.14. The third-order valence-electron chi connectivity index (χ3n) is 2.30. The molecule has 2 aromatic heterocycles. The van der Waals surface area contributed by atoms with Crippen molar-refractivity contribution in [3.63, 3.8) is 0 Å². The van der Waals surface area contributed by atoms with E-state index in [1.807, 2.05) is 20.2 Å². The molecule has 0 unspecified atom stereocenters. The molecule has 0 amide bonds. The molecular formula is C11H12BrFN4. The Balaban J connectivity index is 2.30. The molecule has 0 aromatic carbocycles. The molecule has 0 fully saturated rings. The van der Waals surface area contributed by atoms with Crippen LogP contribution in [0.25, 0.3) is 0 Å². The normalized spacial score (nSPS) is 10.6. The molecular weight excluding hydrogens is 287 g/mol. The van der Waals surface area contributed by atoms with Gasteiger partial charge >= 0.3 is 0 Å². The van der Waals surface area contributed by atoms with E-state index in [0.29, 0.717) is 4.47 Å². The zero-order valence-corrected chi connectivity index (χ0v) is 11.1. The zero-order chi connectivity index (χ0) is 12.4. The minimum atomic E-state index is -0.398. The first kappa shape index (κ1) is 12.0. The molecule has 0 saturated carbocycles. The van der Waals surface area contributed by atoms with Crippen LogP contribution < -0.4 is 5.32 Å². The summed E-state index contributed by atoms with van der Waals surface area (Å²) in [6.45, 7) is 2.00. The first-order chi connectivity index (χ1) is 8.10. The van der Waals surface area contributed by atoms with Crippen LogP contribution in [0.3, 0.4) is 0 Å². The van der Waals surface area contributed by atoms with Gasteiger partial charge in [-0.2, -0.15) is 5.10 Å². The number of nitrogens with zero attached hydrogens (tertiary/aromatic N) is 3. The van der Waals surface area contributed by atoms with Gasteiger partial charge in [0.1, 0.15) is 0 Å². The maximum absolute atomic E-state index is 13.6. The maximum Gasteiger partial charge on any atom is 0.166 e. The smallest absolute Gasteiger partial charge is 0.166 e.